The lowest BCUT2D eigenvalue weighted by molar-refractivity contribution is 0.208. The number of amidine groups is 1. The molecule has 2 rings (SSSR count). The van der Waals surface area contributed by atoms with E-state index in [1.807, 2.05) is 0 Å². The van der Waals surface area contributed by atoms with Crippen molar-refractivity contribution < 1.29 is 9.94 Å². The molecule has 0 bridgehead atoms. The Hall–Kier alpha value is -1.78. The molecular formula is C13H19N3O2. The Morgan fingerprint density at radius 2 is 2.22 bits per heavy atom. The van der Waals surface area contributed by atoms with E-state index in [1.165, 1.54) is 32.1 Å². The first-order chi connectivity index (χ1) is 8.81. The van der Waals surface area contributed by atoms with Crippen LogP contribution in [0.4, 0.5) is 0 Å². The number of hydrogen-bond donors (Lipinski definition) is 2. The highest BCUT2D eigenvalue weighted by Crippen LogP contribution is 2.25. The van der Waals surface area contributed by atoms with Gasteiger partial charge in [0.1, 0.15) is 5.75 Å². The monoisotopic (exact) mass is 249 g/mol. The summed E-state index contributed by atoms with van der Waals surface area (Å²) < 4.78 is 5.77. The molecule has 1 aromatic rings. The van der Waals surface area contributed by atoms with E-state index >= 15 is 0 Å². The van der Waals surface area contributed by atoms with Gasteiger partial charge in [-0.15, -0.1) is 0 Å². The van der Waals surface area contributed by atoms with E-state index in [1.54, 1.807) is 18.5 Å². The minimum absolute atomic E-state index is 0.0519. The van der Waals surface area contributed by atoms with Gasteiger partial charge in [-0.25, -0.2) is 0 Å². The molecule has 0 unspecified atom stereocenters. The molecular weight excluding hydrogens is 230 g/mol. The predicted molar refractivity (Wildman–Crippen MR) is 68.8 cm³/mol. The van der Waals surface area contributed by atoms with Crippen LogP contribution in [-0.4, -0.2) is 22.6 Å². The Balaban J connectivity index is 2.00. The standard InChI is InChI=1S/C13H19N3O2/c14-13(16-17)11-6-7-15-8-12(11)18-9-10-4-2-1-3-5-10/h6-8,10,17H,1-5,9H2,(H2,14,16). The van der Waals surface area contributed by atoms with E-state index in [0.29, 0.717) is 23.8 Å². The van der Waals surface area contributed by atoms with Crippen molar-refractivity contribution in [1.29, 1.82) is 0 Å². The first-order valence-electron chi connectivity index (χ1n) is 6.36. The van der Waals surface area contributed by atoms with Crippen LogP contribution in [0.25, 0.3) is 0 Å². The minimum atomic E-state index is 0.0519. The number of nitrogens with two attached hydrogens (primary N) is 1. The maximum Gasteiger partial charge on any atom is 0.173 e. The molecule has 18 heavy (non-hydrogen) atoms. The Labute approximate surface area is 107 Å². The molecule has 98 valence electrons. The van der Waals surface area contributed by atoms with Gasteiger partial charge in [0.15, 0.2) is 5.84 Å². The molecule has 0 saturated heterocycles. The molecule has 1 aliphatic carbocycles. The van der Waals surface area contributed by atoms with Gasteiger partial charge in [0, 0.05) is 6.20 Å². The number of hydrogen-bond acceptors (Lipinski definition) is 4. The maximum atomic E-state index is 8.72. The lowest BCUT2D eigenvalue weighted by atomic mass is 9.90. The van der Waals surface area contributed by atoms with Crippen LogP contribution in [0.15, 0.2) is 23.6 Å². The summed E-state index contributed by atoms with van der Waals surface area (Å²) in [5.41, 5.74) is 6.18. The third kappa shape index (κ3) is 3.12. The second-order valence-corrected chi connectivity index (χ2v) is 4.67. The van der Waals surface area contributed by atoms with E-state index in [9.17, 15) is 0 Å². The second kappa shape index (κ2) is 6.23. The van der Waals surface area contributed by atoms with Gasteiger partial charge in [-0.3, -0.25) is 4.98 Å². The van der Waals surface area contributed by atoms with Crippen LogP contribution in [0, 0.1) is 5.92 Å². The average Bonchev–Trinajstić information content (AvgIpc) is 2.45. The first-order valence-corrected chi connectivity index (χ1v) is 6.36. The fourth-order valence-electron chi connectivity index (χ4n) is 2.32. The third-order valence-corrected chi connectivity index (χ3v) is 3.37. The van der Waals surface area contributed by atoms with Gasteiger partial charge < -0.3 is 15.7 Å². The molecule has 0 amide bonds. The highest BCUT2D eigenvalue weighted by Gasteiger charge is 2.15. The average molecular weight is 249 g/mol. The molecule has 1 aromatic heterocycles. The van der Waals surface area contributed by atoms with Crippen LogP contribution in [0.5, 0.6) is 5.75 Å². The van der Waals surface area contributed by atoms with E-state index in [4.69, 9.17) is 15.7 Å². The van der Waals surface area contributed by atoms with E-state index in [2.05, 4.69) is 10.1 Å². The smallest absolute Gasteiger partial charge is 0.173 e. The van der Waals surface area contributed by atoms with Gasteiger partial charge in [0.25, 0.3) is 0 Å². The minimum Gasteiger partial charge on any atom is -0.491 e. The lowest BCUT2D eigenvalue weighted by Gasteiger charge is -2.22. The quantitative estimate of drug-likeness (QED) is 0.371. The number of pyridine rings is 1. The largest absolute Gasteiger partial charge is 0.491 e. The van der Waals surface area contributed by atoms with Crippen molar-refractivity contribution in [2.45, 2.75) is 32.1 Å². The fourth-order valence-corrected chi connectivity index (χ4v) is 2.32. The predicted octanol–water partition coefficient (Wildman–Crippen LogP) is 2.14. The highest BCUT2D eigenvalue weighted by atomic mass is 16.5. The van der Waals surface area contributed by atoms with E-state index < -0.39 is 0 Å². The van der Waals surface area contributed by atoms with E-state index in [-0.39, 0.29) is 5.84 Å². The molecule has 1 fully saturated rings. The molecule has 3 N–H and O–H groups in total. The van der Waals surface area contributed by atoms with Gasteiger partial charge in [0.2, 0.25) is 0 Å². The van der Waals surface area contributed by atoms with Crippen molar-refractivity contribution in [2.75, 3.05) is 6.61 Å². The number of aromatic nitrogens is 1. The summed E-state index contributed by atoms with van der Waals surface area (Å²) in [5.74, 6) is 1.24. The number of oxime groups is 1. The Morgan fingerprint density at radius 1 is 1.44 bits per heavy atom. The molecule has 0 spiro atoms. The number of ether oxygens (including phenoxy) is 1. The molecule has 0 atom stereocenters. The zero-order valence-corrected chi connectivity index (χ0v) is 10.4. The summed E-state index contributed by atoms with van der Waals surface area (Å²) in [4.78, 5) is 4.01. The number of rotatable bonds is 4. The van der Waals surface area contributed by atoms with Crippen LogP contribution >= 0.6 is 0 Å². The highest BCUT2D eigenvalue weighted by molar-refractivity contribution is 5.99. The van der Waals surface area contributed by atoms with Crippen molar-refractivity contribution in [3.05, 3.63) is 24.0 Å². The summed E-state index contributed by atoms with van der Waals surface area (Å²) in [6.07, 6.45) is 9.55. The molecule has 5 heteroatoms. The Kier molecular flexibility index (Phi) is 4.39. The zero-order chi connectivity index (χ0) is 12.8. The van der Waals surface area contributed by atoms with Crippen molar-refractivity contribution in [2.24, 2.45) is 16.8 Å². The first kappa shape index (κ1) is 12.7. The summed E-state index contributed by atoms with van der Waals surface area (Å²) >= 11 is 0. The molecule has 1 heterocycles. The maximum absolute atomic E-state index is 8.72. The summed E-state index contributed by atoms with van der Waals surface area (Å²) in [5, 5.41) is 11.7. The van der Waals surface area contributed by atoms with Crippen molar-refractivity contribution in [3.8, 4) is 5.75 Å². The molecule has 0 aliphatic heterocycles. The Bertz CT molecular complexity index is 414. The SMILES string of the molecule is N/C(=N/O)c1ccncc1OCC1CCCCC1. The van der Waals surface area contributed by atoms with Crippen molar-refractivity contribution in [1.82, 2.24) is 4.98 Å². The lowest BCUT2D eigenvalue weighted by Crippen LogP contribution is -2.19. The van der Waals surface area contributed by atoms with Crippen molar-refractivity contribution >= 4 is 5.84 Å². The molecule has 0 aromatic carbocycles. The zero-order valence-electron chi connectivity index (χ0n) is 10.4. The van der Waals surface area contributed by atoms with Crippen LogP contribution in [0.2, 0.25) is 0 Å². The van der Waals surface area contributed by atoms with Gasteiger partial charge in [-0.2, -0.15) is 0 Å². The Morgan fingerprint density at radius 3 is 2.94 bits per heavy atom. The molecule has 1 saturated carbocycles. The third-order valence-electron chi connectivity index (χ3n) is 3.37. The molecule has 5 nitrogen and oxygen atoms in total. The van der Waals surface area contributed by atoms with Gasteiger partial charge in [0.05, 0.1) is 18.4 Å². The molecule has 0 radical (unpaired) electrons. The second-order valence-electron chi connectivity index (χ2n) is 4.67. The van der Waals surface area contributed by atoms with Gasteiger partial charge in [-0.05, 0) is 24.8 Å². The fraction of sp³-hybridized carbons (Fsp3) is 0.538. The summed E-state index contributed by atoms with van der Waals surface area (Å²) in [6.45, 7) is 0.678. The topological polar surface area (TPSA) is 80.7 Å². The normalized spacial score (nSPS) is 17.7. The van der Waals surface area contributed by atoms with Crippen molar-refractivity contribution in [3.63, 3.8) is 0 Å². The molecule has 1 aliphatic rings. The van der Waals surface area contributed by atoms with Crippen LogP contribution in [0.1, 0.15) is 37.7 Å². The van der Waals surface area contributed by atoms with Crippen LogP contribution in [-0.2, 0) is 0 Å². The van der Waals surface area contributed by atoms with Crippen LogP contribution < -0.4 is 10.5 Å². The van der Waals surface area contributed by atoms with Gasteiger partial charge in [-0.1, -0.05) is 24.4 Å². The van der Waals surface area contributed by atoms with Crippen LogP contribution in [0.3, 0.4) is 0 Å². The number of nitrogens with zero attached hydrogens (tertiary/aromatic N) is 2. The van der Waals surface area contributed by atoms with E-state index in [0.717, 1.165) is 0 Å². The summed E-state index contributed by atoms with van der Waals surface area (Å²) in [6, 6.07) is 1.69. The van der Waals surface area contributed by atoms with Gasteiger partial charge >= 0.3 is 0 Å². The summed E-state index contributed by atoms with van der Waals surface area (Å²) in [7, 11) is 0.